The van der Waals surface area contributed by atoms with Gasteiger partial charge in [-0.1, -0.05) is 47.5 Å². The van der Waals surface area contributed by atoms with Crippen LogP contribution in [0.4, 0.5) is 0 Å². The molecule has 0 bridgehead atoms. The maximum atomic E-state index is 9.90. The molecular formula is C36H40Cl2N4O4. The fourth-order valence-electron chi connectivity index (χ4n) is 6.43. The molecule has 0 radical (unpaired) electrons. The van der Waals surface area contributed by atoms with E-state index < -0.39 is 0 Å². The van der Waals surface area contributed by atoms with Crippen LogP contribution in [0.5, 0.6) is 11.6 Å². The zero-order valence-corrected chi connectivity index (χ0v) is 28.0. The van der Waals surface area contributed by atoms with Gasteiger partial charge in [-0.05, 0) is 56.0 Å². The molecule has 242 valence electrons. The lowest BCUT2D eigenvalue weighted by Crippen LogP contribution is -2.35. The van der Waals surface area contributed by atoms with Gasteiger partial charge in [-0.15, -0.1) is 0 Å². The van der Waals surface area contributed by atoms with E-state index in [0.717, 1.165) is 84.6 Å². The minimum atomic E-state index is -0.385. The second-order valence-electron chi connectivity index (χ2n) is 12.0. The first kappa shape index (κ1) is 32.7. The topological polar surface area (TPSA) is 89.0 Å². The summed E-state index contributed by atoms with van der Waals surface area (Å²) in [7, 11) is 3.31. The lowest BCUT2D eigenvalue weighted by Gasteiger charge is -2.31. The largest absolute Gasteiger partial charge is 0.496 e. The predicted molar refractivity (Wildman–Crippen MR) is 183 cm³/mol. The Morgan fingerprint density at radius 1 is 1.07 bits per heavy atom. The van der Waals surface area contributed by atoms with E-state index in [9.17, 15) is 5.11 Å². The van der Waals surface area contributed by atoms with Crippen LogP contribution in [0.3, 0.4) is 0 Å². The van der Waals surface area contributed by atoms with Gasteiger partial charge in [-0.2, -0.15) is 0 Å². The summed E-state index contributed by atoms with van der Waals surface area (Å²) in [5.41, 5.74) is 7.90. The first-order chi connectivity index (χ1) is 22.4. The van der Waals surface area contributed by atoms with Crippen LogP contribution in [0.15, 0.2) is 54.7 Å². The number of ether oxygens (including phenoxy) is 3. The lowest BCUT2D eigenvalue weighted by molar-refractivity contribution is 0.110. The molecular weight excluding hydrogens is 623 g/mol. The molecule has 0 amide bonds. The lowest BCUT2D eigenvalue weighted by atomic mass is 9.93. The number of nitrogens with zero attached hydrogens (tertiary/aromatic N) is 3. The zero-order valence-electron chi connectivity index (χ0n) is 26.5. The Bertz CT molecular complexity index is 1680. The molecule has 6 rings (SSSR count). The number of pyridine rings is 2. The van der Waals surface area contributed by atoms with E-state index in [2.05, 4.69) is 21.3 Å². The number of aliphatic hydroxyl groups is 1. The van der Waals surface area contributed by atoms with Gasteiger partial charge in [0.1, 0.15) is 5.75 Å². The highest BCUT2D eigenvalue weighted by Crippen LogP contribution is 2.43. The van der Waals surface area contributed by atoms with Crippen molar-refractivity contribution in [1.29, 1.82) is 0 Å². The molecule has 2 aromatic heterocycles. The summed E-state index contributed by atoms with van der Waals surface area (Å²) in [6, 6.07) is 15.9. The number of hydrogen-bond acceptors (Lipinski definition) is 8. The van der Waals surface area contributed by atoms with Crippen molar-refractivity contribution in [2.24, 2.45) is 0 Å². The maximum Gasteiger partial charge on any atom is 0.218 e. The summed E-state index contributed by atoms with van der Waals surface area (Å²) in [6.07, 6.45) is 4.69. The van der Waals surface area contributed by atoms with Gasteiger partial charge >= 0.3 is 0 Å². The quantitative estimate of drug-likeness (QED) is 0.181. The van der Waals surface area contributed by atoms with Crippen LogP contribution in [0.2, 0.25) is 10.0 Å². The third-order valence-electron chi connectivity index (χ3n) is 8.69. The van der Waals surface area contributed by atoms with Crippen molar-refractivity contribution in [1.82, 2.24) is 20.2 Å². The second kappa shape index (κ2) is 14.7. The van der Waals surface area contributed by atoms with Crippen molar-refractivity contribution >= 4 is 23.2 Å². The molecule has 2 aliphatic rings. The smallest absolute Gasteiger partial charge is 0.218 e. The molecule has 10 heteroatoms. The van der Waals surface area contributed by atoms with E-state index in [1.165, 1.54) is 5.56 Å². The SMILES string of the molecule is COc1cc(-c2nccc(-c3cccc(-c4ccc(CNC[C@H]5CCCO5)c(OC)n4)c3Cl)c2Cl)cc2c1CN(CC(C)O)CC2. The minimum absolute atomic E-state index is 0.266. The average molecular weight is 664 g/mol. The molecule has 2 aliphatic heterocycles. The van der Waals surface area contributed by atoms with Gasteiger partial charge in [0.15, 0.2) is 0 Å². The van der Waals surface area contributed by atoms with Crippen molar-refractivity contribution < 1.29 is 19.3 Å². The number of fused-ring (bicyclic) bond motifs is 1. The highest BCUT2D eigenvalue weighted by molar-refractivity contribution is 6.39. The van der Waals surface area contributed by atoms with Crippen molar-refractivity contribution in [3.63, 3.8) is 0 Å². The van der Waals surface area contributed by atoms with Crippen LogP contribution >= 0.6 is 23.2 Å². The number of rotatable bonds is 11. The minimum Gasteiger partial charge on any atom is -0.496 e. The van der Waals surface area contributed by atoms with Crippen molar-refractivity contribution in [2.45, 2.75) is 51.5 Å². The van der Waals surface area contributed by atoms with Crippen LogP contribution in [0.25, 0.3) is 33.6 Å². The molecule has 0 aliphatic carbocycles. The van der Waals surface area contributed by atoms with E-state index in [-0.39, 0.29) is 12.2 Å². The maximum absolute atomic E-state index is 9.90. The van der Waals surface area contributed by atoms with Crippen molar-refractivity contribution in [3.8, 4) is 45.3 Å². The van der Waals surface area contributed by atoms with Crippen LogP contribution in [0, 0.1) is 0 Å². The molecule has 46 heavy (non-hydrogen) atoms. The molecule has 4 heterocycles. The predicted octanol–water partition coefficient (Wildman–Crippen LogP) is 6.81. The fourth-order valence-corrected chi connectivity index (χ4v) is 7.08. The van der Waals surface area contributed by atoms with Gasteiger partial charge in [-0.25, -0.2) is 4.98 Å². The Labute approximate surface area is 280 Å². The molecule has 8 nitrogen and oxygen atoms in total. The van der Waals surface area contributed by atoms with Crippen LogP contribution in [0.1, 0.15) is 36.5 Å². The number of methoxy groups -OCH3 is 2. The van der Waals surface area contributed by atoms with E-state index in [1.807, 2.05) is 49.4 Å². The zero-order chi connectivity index (χ0) is 32.2. The van der Waals surface area contributed by atoms with Gasteiger partial charge in [0, 0.05) is 78.9 Å². The number of β-amino-alcohol motifs (C(OH)–C–C–N with tert-alkyl or cyclic N) is 1. The van der Waals surface area contributed by atoms with Gasteiger partial charge in [0.05, 0.1) is 47.9 Å². The number of halogens is 2. The van der Waals surface area contributed by atoms with Gasteiger partial charge in [0.2, 0.25) is 5.88 Å². The average Bonchev–Trinajstić information content (AvgIpc) is 3.58. The molecule has 1 saturated heterocycles. The molecule has 1 fully saturated rings. The highest BCUT2D eigenvalue weighted by atomic mass is 35.5. The van der Waals surface area contributed by atoms with Crippen molar-refractivity contribution in [3.05, 3.63) is 81.5 Å². The van der Waals surface area contributed by atoms with Crippen molar-refractivity contribution in [2.75, 3.05) is 40.5 Å². The fraction of sp³-hybridized carbons (Fsp3) is 0.389. The third-order valence-corrected chi connectivity index (χ3v) is 9.48. The van der Waals surface area contributed by atoms with E-state index >= 15 is 0 Å². The molecule has 0 spiro atoms. The molecule has 4 aromatic rings. The Balaban J connectivity index is 1.28. The monoisotopic (exact) mass is 662 g/mol. The normalized spacial score (nSPS) is 17.1. The Morgan fingerprint density at radius 3 is 2.65 bits per heavy atom. The number of hydrogen-bond donors (Lipinski definition) is 2. The van der Waals surface area contributed by atoms with E-state index in [4.69, 9.17) is 42.4 Å². The number of aliphatic hydroxyl groups excluding tert-OH is 1. The number of benzene rings is 2. The van der Waals surface area contributed by atoms with Crippen LogP contribution in [-0.2, 0) is 24.2 Å². The Hall–Kier alpha value is -3.24. The first-order valence-electron chi connectivity index (χ1n) is 15.8. The van der Waals surface area contributed by atoms with Gasteiger partial charge in [-0.3, -0.25) is 9.88 Å². The highest BCUT2D eigenvalue weighted by Gasteiger charge is 2.24. The summed E-state index contributed by atoms with van der Waals surface area (Å²) in [5.74, 6) is 1.34. The summed E-state index contributed by atoms with van der Waals surface area (Å²) < 4.78 is 17.2. The molecule has 2 N–H and O–H groups in total. The van der Waals surface area contributed by atoms with E-state index in [0.29, 0.717) is 40.4 Å². The third kappa shape index (κ3) is 7.03. The second-order valence-corrected chi connectivity index (χ2v) is 12.7. The Morgan fingerprint density at radius 2 is 1.89 bits per heavy atom. The van der Waals surface area contributed by atoms with Crippen LogP contribution < -0.4 is 14.8 Å². The summed E-state index contributed by atoms with van der Waals surface area (Å²) >= 11 is 14.2. The van der Waals surface area contributed by atoms with Gasteiger partial charge < -0.3 is 24.6 Å². The van der Waals surface area contributed by atoms with E-state index in [1.54, 1.807) is 20.4 Å². The van der Waals surface area contributed by atoms with Crippen LogP contribution in [-0.4, -0.2) is 72.6 Å². The summed E-state index contributed by atoms with van der Waals surface area (Å²) in [5, 5.41) is 14.4. The molecule has 0 saturated carbocycles. The summed E-state index contributed by atoms with van der Waals surface area (Å²) in [6.45, 7) is 6.29. The number of nitrogens with one attached hydrogen (secondary N) is 1. The summed E-state index contributed by atoms with van der Waals surface area (Å²) in [4.78, 5) is 11.8. The standard InChI is InChI=1S/C36H40Cl2N4O4/c1-22(43)20-42-14-12-23-16-25(17-32(44-2)30(23)21-42)35-34(38)28(11-13-40-35)27-7-4-8-29(33(27)37)31-10-9-24(36(41-31)45-3)18-39-19-26-6-5-15-46-26/h4,7-11,13,16-17,22,26,39,43H,5-6,12,14-15,18-21H2,1-3H3/t22?,26-/m1/s1. The Kier molecular flexibility index (Phi) is 10.4. The molecule has 2 atom stereocenters. The molecule has 1 unspecified atom stereocenters. The first-order valence-corrected chi connectivity index (χ1v) is 16.5. The number of aromatic nitrogens is 2. The van der Waals surface area contributed by atoms with Gasteiger partial charge in [0.25, 0.3) is 0 Å². The molecule has 2 aromatic carbocycles.